The van der Waals surface area contributed by atoms with E-state index in [-0.39, 0.29) is 0 Å². The Labute approximate surface area is 154 Å². The van der Waals surface area contributed by atoms with Gasteiger partial charge in [-0.2, -0.15) is 18.3 Å². The van der Waals surface area contributed by atoms with Gasteiger partial charge in [0.2, 0.25) is 0 Å². The summed E-state index contributed by atoms with van der Waals surface area (Å²) >= 11 is 0. The molecular weight excluding hydrogens is 359 g/mol. The van der Waals surface area contributed by atoms with Crippen LogP contribution in [0.5, 0.6) is 0 Å². The van der Waals surface area contributed by atoms with Crippen molar-refractivity contribution in [3.8, 4) is 0 Å². The number of aromatic nitrogens is 2. The van der Waals surface area contributed by atoms with Crippen molar-refractivity contribution in [2.45, 2.75) is 18.5 Å². The first-order chi connectivity index (χ1) is 12.8. The SMILES string of the molecule is CNCCC(c1ccccc1)c1cccc2cn[nH]c12.O=C(O)C(F)(F)F. The number of carboxylic acid groups (broad SMARTS) is 1. The van der Waals surface area contributed by atoms with Crippen LogP contribution in [-0.2, 0) is 4.79 Å². The van der Waals surface area contributed by atoms with Crippen LogP contribution in [0.15, 0.2) is 54.7 Å². The molecule has 1 heterocycles. The lowest BCUT2D eigenvalue weighted by molar-refractivity contribution is -0.192. The number of nitrogens with zero attached hydrogens (tertiary/aromatic N) is 1. The van der Waals surface area contributed by atoms with Crippen molar-refractivity contribution in [1.82, 2.24) is 15.5 Å². The summed E-state index contributed by atoms with van der Waals surface area (Å²) in [7, 11) is 2.00. The molecule has 0 aliphatic carbocycles. The van der Waals surface area contributed by atoms with Crippen molar-refractivity contribution >= 4 is 16.9 Å². The van der Waals surface area contributed by atoms with Gasteiger partial charge in [-0.25, -0.2) is 4.79 Å². The number of carboxylic acids is 1. The summed E-state index contributed by atoms with van der Waals surface area (Å²) in [5.74, 6) is -2.37. The van der Waals surface area contributed by atoms with Crippen LogP contribution >= 0.6 is 0 Å². The van der Waals surface area contributed by atoms with Gasteiger partial charge in [-0.05, 0) is 31.1 Å². The number of carbonyl (C=O) groups is 1. The molecular formula is C19H20F3N3O2. The van der Waals surface area contributed by atoms with E-state index in [9.17, 15) is 13.2 Å². The quantitative estimate of drug-likeness (QED) is 0.628. The van der Waals surface area contributed by atoms with Crippen molar-refractivity contribution < 1.29 is 23.1 Å². The van der Waals surface area contributed by atoms with Crippen LogP contribution in [0.25, 0.3) is 10.9 Å². The minimum atomic E-state index is -5.08. The number of benzene rings is 2. The second-order valence-corrected chi connectivity index (χ2v) is 5.84. The number of fused-ring (bicyclic) bond motifs is 1. The number of aliphatic carboxylic acids is 1. The van der Waals surface area contributed by atoms with Crippen molar-refractivity contribution in [2.75, 3.05) is 13.6 Å². The Morgan fingerprint density at radius 1 is 1.19 bits per heavy atom. The van der Waals surface area contributed by atoms with Crippen LogP contribution in [0.3, 0.4) is 0 Å². The molecule has 144 valence electrons. The zero-order valence-electron chi connectivity index (χ0n) is 14.6. The topological polar surface area (TPSA) is 78.0 Å². The van der Waals surface area contributed by atoms with Gasteiger partial charge in [-0.1, -0.05) is 48.5 Å². The van der Waals surface area contributed by atoms with E-state index < -0.39 is 12.1 Å². The van der Waals surface area contributed by atoms with Gasteiger partial charge in [-0.15, -0.1) is 0 Å². The van der Waals surface area contributed by atoms with E-state index in [1.54, 1.807) is 0 Å². The van der Waals surface area contributed by atoms with E-state index in [2.05, 4.69) is 64.0 Å². The molecule has 5 nitrogen and oxygen atoms in total. The molecule has 1 unspecified atom stereocenters. The molecule has 3 N–H and O–H groups in total. The Hall–Kier alpha value is -2.87. The highest BCUT2D eigenvalue weighted by atomic mass is 19.4. The summed E-state index contributed by atoms with van der Waals surface area (Å²) in [5.41, 5.74) is 3.82. The van der Waals surface area contributed by atoms with Crippen LogP contribution in [0, 0.1) is 0 Å². The zero-order valence-corrected chi connectivity index (χ0v) is 14.6. The largest absolute Gasteiger partial charge is 0.490 e. The van der Waals surface area contributed by atoms with E-state index in [0.29, 0.717) is 5.92 Å². The smallest absolute Gasteiger partial charge is 0.475 e. The van der Waals surface area contributed by atoms with Crippen molar-refractivity contribution in [3.05, 3.63) is 65.9 Å². The molecule has 8 heteroatoms. The van der Waals surface area contributed by atoms with Gasteiger partial charge in [0, 0.05) is 11.3 Å². The number of hydrogen-bond acceptors (Lipinski definition) is 3. The number of alkyl halides is 3. The second-order valence-electron chi connectivity index (χ2n) is 5.84. The number of nitrogens with one attached hydrogen (secondary N) is 2. The third kappa shape index (κ3) is 5.55. The Bertz CT molecular complexity index is 863. The molecule has 0 amide bonds. The number of halogens is 3. The lowest BCUT2D eigenvalue weighted by atomic mass is 9.87. The van der Waals surface area contributed by atoms with Crippen LogP contribution < -0.4 is 5.32 Å². The summed E-state index contributed by atoms with van der Waals surface area (Å²) in [5, 5.41) is 18.9. The molecule has 0 bridgehead atoms. The van der Waals surface area contributed by atoms with Gasteiger partial charge >= 0.3 is 12.1 Å². The minimum Gasteiger partial charge on any atom is -0.475 e. The first-order valence-electron chi connectivity index (χ1n) is 8.26. The monoisotopic (exact) mass is 379 g/mol. The van der Waals surface area contributed by atoms with Gasteiger partial charge in [-0.3, -0.25) is 5.10 Å². The van der Waals surface area contributed by atoms with E-state index in [1.807, 2.05) is 13.2 Å². The highest BCUT2D eigenvalue weighted by Gasteiger charge is 2.38. The highest BCUT2D eigenvalue weighted by molar-refractivity contribution is 5.82. The lowest BCUT2D eigenvalue weighted by Gasteiger charge is -2.18. The predicted octanol–water partition coefficient (Wildman–Crippen LogP) is 3.94. The second kappa shape index (κ2) is 9.18. The molecule has 0 fully saturated rings. The van der Waals surface area contributed by atoms with E-state index >= 15 is 0 Å². The molecule has 27 heavy (non-hydrogen) atoms. The molecule has 0 saturated carbocycles. The summed E-state index contributed by atoms with van der Waals surface area (Å²) < 4.78 is 31.7. The molecule has 1 aromatic heterocycles. The molecule has 0 saturated heterocycles. The first kappa shape index (κ1) is 20.4. The predicted molar refractivity (Wildman–Crippen MR) is 96.6 cm³/mol. The summed E-state index contributed by atoms with van der Waals surface area (Å²) in [6.45, 7) is 0.990. The Kier molecular flexibility index (Phi) is 6.95. The molecule has 2 aromatic carbocycles. The number of rotatable bonds is 5. The number of para-hydroxylation sites is 1. The Morgan fingerprint density at radius 2 is 1.85 bits per heavy atom. The maximum atomic E-state index is 10.6. The Morgan fingerprint density at radius 3 is 2.44 bits per heavy atom. The molecule has 3 rings (SSSR count). The lowest BCUT2D eigenvalue weighted by Crippen LogP contribution is -2.21. The molecule has 0 aliphatic rings. The minimum absolute atomic E-state index is 0.382. The zero-order chi connectivity index (χ0) is 19.9. The van der Waals surface area contributed by atoms with E-state index in [1.165, 1.54) is 16.5 Å². The molecule has 3 aromatic rings. The van der Waals surface area contributed by atoms with Gasteiger partial charge in [0.1, 0.15) is 0 Å². The maximum Gasteiger partial charge on any atom is 0.490 e. The summed E-state index contributed by atoms with van der Waals surface area (Å²) in [6, 6.07) is 17.1. The van der Waals surface area contributed by atoms with Crippen LogP contribution in [0.4, 0.5) is 13.2 Å². The van der Waals surface area contributed by atoms with Gasteiger partial charge in [0.25, 0.3) is 0 Å². The van der Waals surface area contributed by atoms with Gasteiger partial charge < -0.3 is 10.4 Å². The average molecular weight is 379 g/mol. The molecule has 0 spiro atoms. The van der Waals surface area contributed by atoms with Crippen molar-refractivity contribution in [1.29, 1.82) is 0 Å². The highest BCUT2D eigenvalue weighted by Crippen LogP contribution is 2.31. The van der Waals surface area contributed by atoms with E-state index in [4.69, 9.17) is 9.90 Å². The molecule has 0 aliphatic heterocycles. The molecule has 0 radical (unpaired) electrons. The number of hydrogen-bond donors (Lipinski definition) is 3. The number of aromatic amines is 1. The normalized spacial score (nSPS) is 12.3. The van der Waals surface area contributed by atoms with E-state index in [0.717, 1.165) is 18.5 Å². The fourth-order valence-corrected chi connectivity index (χ4v) is 2.76. The summed E-state index contributed by atoms with van der Waals surface area (Å²) in [4.78, 5) is 8.90. The molecule has 1 atom stereocenters. The van der Waals surface area contributed by atoms with Crippen LogP contribution in [0.1, 0.15) is 23.5 Å². The third-order valence-corrected chi connectivity index (χ3v) is 4.01. The van der Waals surface area contributed by atoms with Crippen LogP contribution in [0.2, 0.25) is 0 Å². The van der Waals surface area contributed by atoms with Gasteiger partial charge in [0.05, 0.1) is 11.7 Å². The van der Waals surface area contributed by atoms with Crippen molar-refractivity contribution in [3.63, 3.8) is 0 Å². The first-order valence-corrected chi connectivity index (χ1v) is 8.26. The summed E-state index contributed by atoms with van der Waals surface area (Å²) in [6.07, 6.45) is -2.13. The van der Waals surface area contributed by atoms with Crippen LogP contribution in [-0.4, -0.2) is 41.0 Å². The average Bonchev–Trinajstić information content (AvgIpc) is 3.12. The maximum absolute atomic E-state index is 10.6. The van der Waals surface area contributed by atoms with Gasteiger partial charge in [0.15, 0.2) is 0 Å². The Balaban J connectivity index is 0.000000321. The number of H-pyrrole nitrogens is 1. The fourth-order valence-electron chi connectivity index (χ4n) is 2.76. The fraction of sp³-hybridized carbons (Fsp3) is 0.263. The third-order valence-electron chi connectivity index (χ3n) is 4.01. The standard InChI is InChI=1S/C17H19N3.C2HF3O2/c1-18-11-10-15(13-6-3-2-4-7-13)16-9-5-8-14-12-19-20-17(14)16;3-2(4,5)1(6)7/h2-9,12,15,18H,10-11H2,1H3,(H,19,20);(H,6,7). The van der Waals surface area contributed by atoms with Crippen molar-refractivity contribution in [2.24, 2.45) is 0 Å².